The molecule has 0 radical (unpaired) electrons. The Hall–Kier alpha value is -5.49. The number of benzene rings is 3. The van der Waals surface area contributed by atoms with E-state index >= 15 is 0 Å². The molecule has 4 N–H and O–H groups in total. The maximum Gasteiger partial charge on any atom is 0.243 e. The molecular weight excluding hydrogens is 658 g/mol. The molecule has 0 saturated carbocycles. The lowest BCUT2D eigenvalue weighted by Crippen LogP contribution is -2.58. The highest BCUT2D eigenvalue weighted by Gasteiger charge is 2.32. The second kappa shape index (κ2) is 17.1. The highest BCUT2D eigenvalue weighted by molar-refractivity contribution is 5.94. The summed E-state index contributed by atoms with van der Waals surface area (Å²) >= 11 is 0. The van der Waals surface area contributed by atoms with Gasteiger partial charge in [-0.15, -0.1) is 0 Å². The molecule has 52 heavy (non-hydrogen) atoms. The van der Waals surface area contributed by atoms with E-state index in [1.54, 1.807) is 17.9 Å². The number of likely N-dealkylation sites (tertiary alicyclic amines) is 1. The third-order valence-electron chi connectivity index (χ3n) is 9.69. The minimum atomic E-state index is -0.988. The molecule has 1 fully saturated rings. The number of nitrogens with one attached hydrogen (secondary N) is 4. The number of carbonyl (C=O) groups excluding carboxylic acids is 4. The molecule has 2 aliphatic rings. The average molecular weight is 706 g/mol. The highest BCUT2D eigenvalue weighted by Crippen LogP contribution is 2.25. The molecule has 3 atom stereocenters. The molecule has 4 bridgehead atoms. The minimum absolute atomic E-state index is 0.177. The molecule has 4 aromatic rings. The number of nitrogens with zero attached hydrogens (tertiary/aromatic N) is 3. The van der Waals surface area contributed by atoms with Gasteiger partial charge in [-0.2, -0.15) is 5.10 Å². The molecular formula is C40H47N7O5. The Balaban J connectivity index is 1.31. The lowest BCUT2D eigenvalue weighted by atomic mass is 9.95. The van der Waals surface area contributed by atoms with E-state index in [1.165, 1.54) is 0 Å². The van der Waals surface area contributed by atoms with Crippen LogP contribution in [0, 0.1) is 5.92 Å². The summed E-state index contributed by atoms with van der Waals surface area (Å²) in [7, 11) is 3.83. The quantitative estimate of drug-likeness (QED) is 0.221. The number of hydrogen-bond donors (Lipinski definition) is 4. The molecule has 4 amide bonds. The van der Waals surface area contributed by atoms with Crippen molar-refractivity contribution in [3.05, 3.63) is 114 Å². The number of ether oxygens (including phenoxy) is 1. The Morgan fingerprint density at radius 2 is 1.52 bits per heavy atom. The van der Waals surface area contributed by atoms with Gasteiger partial charge in [-0.25, -0.2) is 0 Å². The van der Waals surface area contributed by atoms with Crippen LogP contribution in [0.15, 0.2) is 91.3 Å². The molecule has 12 nitrogen and oxygen atoms in total. The number of aromatic nitrogens is 2. The van der Waals surface area contributed by atoms with Crippen molar-refractivity contribution >= 4 is 23.6 Å². The van der Waals surface area contributed by atoms with Crippen LogP contribution < -0.4 is 26.0 Å². The summed E-state index contributed by atoms with van der Waals surface area (Å²) < 4.78 is 7.89. The Morgan fingerprint density at radius 1 is 0.827 bits per heavy atom. The number of fused-ring (bicyclic) bond motifs is 4. The van der Waals surface area contributed by atoms with Gasteiger partial charge in [0.25, 0.3) is 0 Å². The SMILES string of the molecule is CN1CCC(C(=O)NC2Cc3cccc(c3)Oc3cccc(c3)C[C@@H](C(=O)NCc3cnn(C)c3)NC(=O)[C@H](CCc3ccccc3)NC2=O)CC1. The van der Waals surface area contributed by atoms with Crippen molar-refractivity contribution in [3.63, 3.8) is 0 Å². The first kappa shape index (κ1) is 36.3. The highest BCUT2D eigenvalue weighted by atomic mass is 16.5. The van der Waals surface area contributed by atoms with Crippen LogP contribution in [0.2, 0.25) is 0 Å². The van der Waals surface area contributed by atoms with E-state index in [4.69, 9.17) is 4.74 Å². The molecule has 12 heteroatoms. The zero-order chi connectivity index (χ0) is 36.5. The first-order chi connectivity index (χ1) is 25.2. The molecule has 0 aliphatic carbocycles. The van der Waals surface area contributed by atoms with E-state index in [0.717, 1.165) is 35.3 Å². The standard InChI is InChI=1S/C40H47N7O5/c1-46-18-16-31(17-19-46)37(48)44-36-23-29-11-7-13-33(21-29)52-32-12-6-10-28(20-32)22-35(38(49)41-24-30-25-42-47(2)26-30)45-39(50)34(43-40(36)51)15-14-27-8-4-3-5-9-27/h3-13,20-21,25-26,31,34-36H,14-19,22-24H2,1-2H3,(H,41,49)(H,43,51)(H,44,48)(H,45,50)/t34-,35-,36?/m0/s1. The van der Waals surface area contributed by atoms with Crippen LogP contribution in [-0.2, 0) is 52.0 Å². The molecule has 1 saturated heterocycles. The predicted octanol–water partition coefficient (Wildman–Crippen LogP) is 3.06. The Labute approximate surface area is 304 Å². The molecule has 0 spiro atoms. The Kier molecular flexibility index (Phi) is 12.0. The van der Waals surface area contributed by atoms with Crippen LogP contribution in [-0.4, -0.2) is 76.6 Å². The zero-order valence-corrected chi connectivity index (χ0v) is 29.7. The van der Waals surface area contributed by atoms with Crippen LogP contribution in [0.3, 0.4) is 0 Å². The zero-order valence-electron chi connectivity index (χ0n) is 29.7. The predicted molar refractivity (Wildman–Crippen MR) is 196 cm³/mol. The van der Waals surface area contributed by atoms with Crippen molar-refractivity contribution in [2.75, 3.05) is 20.1 Å². The normalized spacial score (nSPS) is 20.2. The summed E-state index contributed by atoms with van der Waals surface area (Å²) in [4.78, 5) is 57.9. The third kappa shape index (κ3) is 10.1. The van der Waals surface area contributed by atoms with E-state index in [1.807, 2.05) is 92.1 Å². The average Bonchev–Trinajstić information content (AvgIpc) is 3.57. The molecule has 3 heterocycles. The lowest BCUT2D eigenvalue weighted by molar-refractivity contribution is -0.134. The fourth-order valence-electron chi connectivity index (χ4n) is 6.70. The smallest absolute Gasteiger partial charge is 0.243 e. The topological polar surface area (TPSA) is 147 Å². The van der Waals surface area contributed by atoms with E-state index < -0.39 is 29.9 Å². The van der Waals surface area contributed by atoms with E-state index in [-0.39, 0.29) is 43.5 Å². The van der Waals surface area contributed by atoms with Gasteiger partial charge in [0.2, 0.25) is 23.6 Å². The summed E-state index contributed by atoms with van der Waals surface area (Å²) in [6.45, 7) is 1.83. The summed E-state index contributed by atoms with van der Waals surface area (Å²) in [5, 5.41) is 16.1. The lowest BCUT2D eigenvalue weighted by Gasteiger charge is -2.30. The first-order valence-electron chi connectivity index (χ1n) is 17.9. The molecule has 2 aliphatic heterocycles. The number of aryl methyl sites for hydroxylation is 2. The number of amides is 4. The minimum Gasteiger partial charge on any atom is -0.457 e. The maximum atomic E-state index is 14.2. The van der Waals surface area contributed by atoms with Gasteiger partial charge < -0.3 is 30.9 Å². The van der Waals surface area contributed by atoms with Crippen LogP contribution in [0.4, 0.5) is 0 Å². The summed E-state index contributed by atoms with van der Waals surface area (Å²) in [5.74, 6) is -0.607. The van der Waals surface area contributed by atoms with Gasteiger partial charge in [-0.05, 0) is 86.8 Å². The fraction of sp³-hybridized carbons (Fsp3) is 0.375. The van der Waals surface area contributed by atoms with Crippen molar-refractivity contribution in [2.45, 2.75) is 63.2 Å². The summed E-state index contributed by atoms with van der Waals surface area (Å²) in [5.41, 5.74) is 3.39. The van der Waals surface area contributed by atoms with Crippen molar-refractivity contribution in [2.24, 2.45) is 13.0 Å². The second-order valence-corrected chi connectivity index (χ2v) is 13.8. The monoisotopic (exact) mass is 705 g/mol. The summed E-state index contributed by atoms with van der Waals surface area (Å²) in [6, 6.07) is 21.6. The number of hydrogen-bond acceptors (Lipinski definition) is 7. The van der Waals surface area contributed by atoms with Crippen molar-refractivity contribution in [3.8, 4) is 11.5 Å². The third-order valence-corrected chi connectivity index (χ3v) is 9.69. The van der Waals surface area contributed by atoms with Crippen molar-refractivity contribution in [1.82, 2.24) is 35.9 Å². The van der Waals surface area contributed by atoms with Gasteiger partial charge in [-0.1, -0.05) is 54.6 Å². The molecule has 1 aromatic heterocycles. The van der Waals surface area contributed by atoms with Crippen molar-refractivity contribution < 1.29 is 23.9 Å². The summed E-state index contributed by atoms with van der Waals surface area (Å²) in [6.07, 6.45) is 6.03. The van der Waals surface area contributed by atoms with Crippen LogP contribution in [0.25, 0.3) is 0 Å². The molecule has 6 rings (SSSR count). The Morgan fingerprint density at radius 3 is 2.19 bits per heavy atom. The second-order valence-electron chi connectivity index (χ2n) is 13.8. The molecule has 272 valence electrons. The Bertz CT molecular complexity index is 1850. The number of rotatable bonds is 8. The molecule has 3 aromatic carbocycles. The van der Waals surface area contributed by atoms with Gasteiger partial charge in [0, 0.05) is 44.1 Å². The van der Waals surface area contributed by atoms with E-state index in [9.17, 15) is 19.2 Å². The van der Waals surface area contributed by atoms with Gasteiger partial charge in [0.05, 0.1) is 6.20 Å². The van der Waals surface area contributed by atoms with Gasteiger partial charge in [0.15, 0.2) is 0 Å². The maximum absolute atomic E-state index is 14.2. The first-order valence-corrected chi connectivity index (χ1v) is 17.9. The van der Waals surface area contributed by atoms with E-state index in [2.05, 4.69) is 31.3 Å². The van der Waals surface area contributed by atoms with Crippen LogP contribution in [0.1, 0.15) is 41.5 Å². The van der Waals surface area contributed by atoms with Crippen molar-refractivity contribution in [1.29, 1.82) is 0 Å². The van der Waals surface area contributed by atoms with Crippen LogP contribution >= 0.6 is 0 Å². The largest absolute Gasteiger partial charge is 0.457 e. The van der Waals surface area contributed by atoms with E-state index in [0.29, 0.717) is 30.8 Å². The fourth-order valence-corrected chi connectivity index (χ4v) is 6.70. The van der Waals surface area contributed by atoms with Crippen LogP contribution in [0.5, 0.6) is 11.5 Å². The molecule has 1 unspecified atom stereocenters. The van der Waals surface area contributed by atoms with Gasteiger partial charge >= 0.3 is 0 Å². The van der Waals surface area contributed by atoms with Gasteiger partial charge in [-0.3, -0.25) is 23.9 Å². The number of carbonyl (C=O) groups is 4. The van der Waals surface area contributed by atoms with Gasteiger partial charge in [0.1, 0.15) is 29.6 Å². The number of piperidine rings is 1.